The van der Waals surface area contributed by atoms with Gasteiger partial charge in [0, 0.05) is 12.6 Å². The van der Waals surface area contributed by atoms with Crippen LogP contribution in [0.4, 0.5) is 5.69 Å². The van der Waals surface area contributed by atoms with Crippen molar-refractivity contribution < 1.29 is 9.53 Å². The molecule has 0 saturated heterocycles. The van der Waals surface area contributed by atoms with Gasteiger partial charge in [-0.25, -0.2) is 0 Å². The van der Waals surface area contributed by atoms with Gasteiger partial charge in [-0.15, -0.1) is 0 Å². The van der Waals surface area contributed by atoms with Gasteiger partial charge in [0.2, 0.25) is 5.91 Å². The molecule has 1 amide bonds. The third kappa shape index (κ3) is 8.26. The predicted molar refractivity (Wildman–Crippen MR) is 96.4 cm³/mol. The molecule has 3 N–H and O–H groups in total. The molecule has 5 heteroatoms. The second-order valence-corrected chi connectivity index (χ2v) is 6.28. The highest BCUT2D eigenvalue weighted by Gasteiger charge is 2.03. The van der Waals surface area contributed by atoms with Crippen LogP contribution in [-0.4, -0.2) is 44.6 Å². The van der Waals surface area contributed by atoms with Crippen LogP contribution in [-0.2, 0) is 4.79 Å². The summed E-state index contributed by atoms with van der Waals surface area (Å²) in [5.41, 5.74) is 7.44. The maximum absolute atomic E-state index is 11.7. The smallest absolute Gasteiger partial charge is 0.243 e. The maximum Gasteiger partial charge on any atom is 0.243 e. The average Bonchev–Trinajstić information content (AvgIpc) is 2.48. The summed E-state index contributed by atoms with van der Waals surface area (Å²) in [7, 11) is 4.03. The monoisotopic (exact) mass is 319 g/mol. The highest BCUT2D eigenvalue weighted by Crippen LogP contribution is 2.23. The number of nitrogens with zero attached hydrogens (tertiary/aromatic N) is 1. The molecule has 0 fully saturated rings. The fraction of sp³-hybridized carbons (Fsp3) is 0.500. The van der Waals surface area contributed by atoms with Gasteiger partial charge in [-0.05, 0) is 56.8 Å². The minimum absolute atomic E-state index is 0.0949. The van der Waals surface area contributed by atoms with Crippen LogP contribution in [0.15, 0.2) is 24.3 Å². The standard InChI is InChI=1S/C18H29N3O2/c1-14(2)13-23-17-8-6-15(12-16(17)19)7-9-18(22)20-10-5-11-21(3)4/h6-9,12,14H,5,10-11,13,19H2,1-4H3,(H,20,22)/b9-7-. The molecule has 1 rings (SSSR count). The third-order valence-electron chi connectivity index (χ3n) is 3.11. The molecule has 23 heavy (non-hydrogen) atoms. The fourth-order valence-corrected chi connectivity index (χ4v) is 1.90. The molecule has 0 spiro atoms. The van der Waals surface area contributed by atoms with Crippen molar-refractivity contribution in [1.29, 1.82) is 0 Å². The van der Waals surface area contributed by atoms with Gasteiger partial charge < -0.3 is 20.7 Å². The highest BCUT2D eigenvalue weighted by molar-refractivity contribution is 5.91. The average molecular weight is 319 g/mol. The van der Waals surface area contributed by atoms with Gasteiger partial charge in [-0.2, -0.15) is 0 Å². The summed E-state index contributed by atoms with van der Waals surface area (Å²) in [6, 6.07) is 5.54. The topological polar surface area (TPSA) is 67.6 Å². The molecule has 0 radical (unpaired) electrons. The van der Waals surface area contributed by atoms with Crippen LogP contribution in [0.2, 0.25) is 0 Å². The molecular weight excluding hydrogens is 290 g/mol. The van der Waals surface area contributed by atoms with E-state index < -0.39 is 0 Å². The number of ether oxygens (including phenoxy) is 1. The van der Waals surface area contributed by atoms with Crippen molar-refractivity contribution in [3.63, 3.8) is 0 Å². The lowest BCUT2D eigenvalue weighted by Gasteiger charge is -2.11. The van der Waals surface area contributed by atoms with E-state index >= 15 is 0 Å². The van der Waals surface area contributed by atoms with E-state index in [4.69, 9.17) is 10.5 Å². The molecule has 0 aromatic heterocycles. The molecule has 0 atom stereocenters. The maximum atomic E-state index is 11.7. The van der Waals surface area contributed by atoms with Gasteiger partial charge in [0.15, 0.2) is 0 Å². The van der Waals surface area contributed by atoms with Crippen LogP contribution < -0.4 is 15.8 Å². The summed E-state index contributed by atoms with van der Waals surface area (Å²) >= 11 is 0. The Hall–Kier alpha value is -2.01. The van der Waals surface area contributed by atoms with Crippen molar-refractivity contribution in [3.8, 4) is 5.75 Å². The van der Waals surface area contributed by atoms with E-state index in [0.717, 1.165) is 18.5 Å². The fourth-order valence-electron chi connectivity index (χ4n) is 1.90. The molecule has 0 aliphatic rings. The van der Waals surface area contributed by atoms with Crippen molar-refractivity contribution in [1.82, 2.24) is 10.2 Å². The third-order valence-corrected chi connectivity index (χ3v) is 3.11. The van der Waals surface area contributed by atoms with Crippen LogP contribution in [0.25, 0.3) is 6.08 Å². The van der Waals surface area contributed by atoms with Crippen LogP contribution in [0.5, 0.6) is 5.75 Å². The Morgan fingerprint density at radius 2 is 2.13 bits per heavy atom. The van der Waals surface area contributed by atoms with Crippen molar-refractivity contribution >= 4 is 17.7 Å². The first-order valence-electron chi connectivity index (χ1n) is 8.01. The van der Waals surface area contributed by atoms with E-state index in [0.29, 0.717) is 30.5 Å². The van der Waals surface area contributed by atoms with Crippen LogP contribution >= 0.6 is 0 Å². The van der Waals surface area contributed by atoms with Crippen LogP contribution in [0.3, 0.4) is 0 Å². The summed E-state index contributed by atoms with van der Waals surface area (Å²) in [6.45, 7) is 6.44. The van der Waals surface area contributed by atoms with Crippen molar-refractivity contribution in [2.75, 3.05) is 39.5 Å². The number of hydrogen-bond acceptors (Lipinski definition) is 4. The number of hydrogen-bond donors (Lipinski definition) is 2. The van der Waals surface area contributed by atoms with E-state index in [9.17, 15) is 4.79 Å². The zero-order valence-corrected chi connectivity index (χ0v) is 14.6. The van der Waals surface area contributed by atoms with Crippen molar-refractivity contribution in [2.24, 2.45) is 5.92 Å². The van der Waals surface area contributed by atoms with E-state index in [2.05, 4.69) is 24.1 Å². The minimum atomic E-state index is -0.0949. The molecule has 0 aliphatic carbocycles. The minimum Gasteiger partial charge on any atom is -0.491 e. The van der Waals surface area contributed by atoms with Gasteiger partial charge in [-0.3, -0.25) is 4.79 Å². The number of carbonyl (C=O) groups is 1. The van der Waals surface area contributed by atoms with Crippen molar-refractivity contribution in [3.05, 3.63) is 29.8 Å². The SMILES string of the molecule is CC(C)COc1ccc(/C=C\C(=O)NCCCN(C)C)cc1N. The number of nitrogens with two attached hydrogens (primary N) is 1. The number of rotatable bonds is 9. The van der Waals surface area contributed by atoms with E-state index in [1.165, 1.54) is 6.08 Å². The van der Waals surface area contributed by atoms with Crippen LogP contribution in [0.1, 0.15) is 25.8 Å². The van der Waals surface area contributed by atoms with Gasteiger partial charge in [-0.1, -0.05) is 19.9 Å². The number of nitrogens with one attached hydrogen (secondary N) is 1. The Labute approximate surface area is 139 Å². The Morgan fingerprint density at radius 1 is 1.39 bits per heavy atom. The normalized spacial score (nSPS) is 11.4. The molecule has 0 saturated carbocycles. The number of carbonyl (C=O) groups excluding carboxylic acids is 1. The zero-order valence-electron chi connectivity index (χ0n) is 14.6. The Morgan fingerprint density at radius 3 is 2.74 bits per heavy atom. The van der Waals surface area contributed by atoms with Gasteiger partial charge >= 0.3 is 0 Å². The van der Waals surface area contributed by atoms with E-state index in [1.54, 1.807) is 6.08 Å². The molecule has 0 aliphatic heterocycles. The Kier molecular flexibility index (Phi) is 8.19. The molecule has 128 valence electrons. The first-order valence-corrected chi connectivity index (χ1v) is 8.01. The summed E-state index contributed by atoms with van der Waals surface area (Å²) in [4.78, 5) is 13.8. The Bertz CT molecular complexity index is 525. The number of nitrogen functional groups attached to an aromatic ring is 1. The van der Waals surface area contributed by atoms with Crippen LogP contribution in [0, 0.1) is 5.92 Å². The lowest BCUT2D eigenvalue weighted by atomic mass is 10.1. The highest BCUT2D eigenvalue weighted by atomic mass is 16.5. The van der Waals surface area contributed by atoms with Gasteiger partial charge in [0.25, 0.3) is 0 Å². The Balaban J connectivity index is 2.47. The van der Waals surface area contributed by atoms with Gasteiger partial charge in [0.05, 0.1) is 12.3 Å². The van der Waals surface area contributed by atoms with E-state index in [-0.39, 0.29) is 5.91 Å². The zero-order chi connectivity index (χ0) is 17.2. The lowest BCUT2D eigenvalue weighted by Crippen LogP contribution is -2.25. The first kappa shape index (κ1) is 19.0. The molecular formula is C18H29N3O2. The lowest BCUT2D eigenvalue weighted by molar-refractivity contribution is -0.116. The predicted octanol–water partition coefficient (Wildman–Crippen LogP) is 2.38. The van der Waals surface area contributed by atoms with Crippen molar-refractivity contribution in [2.45, 2.75) is 20.3 Å². The number of benzene rings is 1. The molecule has 0 bridgehead atoms. The molecule has 1 aromatic carbocycles. The number of amides is 1. The molecule has 0 heterocycles. The molecule has 5 nitrogen and oxygen atoms in total. The summed E-state index contributed by atoms with van der Waals surface area (Å²) in [6.07, 6.45) is 4.21. The summed E-state index contributed by atoms with van der Waals surface area (Å²) < 4.78 is 5.63. The molecule has 0 unspecified atom stereocenters. The second kappa shape index (κ2) is 9.90. The molecule has 1 aromatic rings. The second-order valence-electron chi connectivity index (χ2n) is 6.28. The largest absolute Gasteiger partial charge is 0.491 e. The summed E-state index contributed by atoms with van der Waals surface area (Å²) in [5, 5.41) is 2.86. The summed E-state index contributed by atoms with van der Waals surface area (Å²) in [5.74, 6) is 1.04. The number of anilines is 1. The van der Waals surface area contributed by atoms with Gasteiger partial charge in [0.1, 0.15) is 5.75 Å². The quantitative estimate of drug-likeness (QED) is 0.417. The first-order chi connectivity index (χ1) is 10.9. The van der Waals surface area contributed by atoms with E-state index in [1.807, 2.05) is 32.3 Å².